The third-order valence-corrected chi connectivity index (χ3v) is 6.68. The first-order chi connectivity index (χ1) is 15.9. The summed E-state index contributed by atoms with van der Waals surface area (Å²) >= 11 is 6.30. The molecule has 0 bridgehead atoms. The fraction of sp³-hybridized carbons (Fsp3) is 0.385. The number of fused-ring (bicyclic) bond motifs is 2. The number of benzene rings is 1. The number of nitrogens with zero attached hydrogens (tertiary/aromatic N) is 4. The maximum Gasteiger partial charge on any atom is 0.148 e. The zero-order valence-corrected chi connectivity index (χ0v) is 20.9. The molecule has 176 valence electrons. The fourth-order valence-electron chi connectivity index (χ4n) is 4.73. The largest absolute Gasteiger partial charge is 0.336 e. The molecule has 0 fully saturated rings. The Bertz CT molecular complexity index is 1150. The molecule has 1 aliphatic rings. The van der Waals surface area contributed by atoms with E-state index in [-0.39, 0.29) is 5.41 Å². The average Bonchev–Trinajstić information content (AvgIpc) is 3.28. The summed E-state index contributed by atoms with van der Waals surface area (Å²) in [6.45, 7) is 15.8. The number of rotatable bonds is 8. The Kier molecular flexibility index (Phi) is 7.82. The van der Waals surface area contributed by atoms with E-state index in [0.29, 0.717) is 11.6 Å². The van der Waals surface area contributed by atoms with E-state index in [1.807, 2.05) is 35.3 Å². The van der Waals surface area contributed by atoms with Crippen molar-refractivity contribution < 1.29 is 0 Å². The summed E-state index contributed by atoms with van der Waals surface area (Å²) in [5.74, 6) is 0.881. The second kappa shape index (κ2) is 10.4. The number of aromatic nitrogens is 3. The van der Waals surface area contributed by atoms with Crippen LogP contribution in [-0.4, -0.2) is 21.7 Å². The minimum atomic E-state index is -0.0619. The number of nitrogens with two attached hydrogens (primary N) is 1. The van der Waals surface area contributed by atoms with Crippen molar-refractivity contribution in [2.24, 2.45) is 5.73 Å². The van der Waals surface area contributed by atoms with Crippen LogP contribution in [0.1, 0.15) is 57.8 Å². The van der Waals surface area contributed by atoms with Crippen LogP contribution in [-0.2, 0) is 12.0 Å². The molecule has 0 aliphatic carbocycles. The number of halogens is 1. The Morgan fingerprint density at radius 1 is 1.21 bits per heavy atom. The van der Waals surface area contributed by atoms with Crippen molar-refractivity contribution in [1.82, 2.24) is 14.6 Å². The van der Waals surface area contributed by atoms with Crippen molar-refractivity contribution in [1.29, 1.82) is 0 Å². The molecule has 0 saturated heterocycles. The summed E-state index contributed by atoms with van der Waals surface area (Å²) in [5.41, 5.74) is 14.1. The quantitative estimate of drug-likeness (QED) is 0.419. The molecule has 3 N–H and O–H groups in total. The van der Waals surface area contributed by atoms with Crippen LogP contribution in [0.4, 0.5) is 5.69 Å². The van der Waals surface area contributed by atoms with E-state index in [0.717, 1.165) is 59.6 Å². The van der Waals surface area contributed by atoms with Crippen molar-refractivity contribution in [2.45, 2.75) is 58.4 Å². The van der Waals surface area contributed by atoms with Crippen molar-refractivity contribution in [3.63, 3.8) is 0 Å². The van der Waals surface area contributed by atoms with E-state index in [1.165, 1.54) is 12.6 Å². The van der Waals surface area contributed by atoms with Gasteiger partial charge in [-0.2, -0.15) is 0 Å². The SMILES string of the molecule is C=C(CC)Nn1c(CN2C(=C)C(CC)(CCC)c3ccncc32)nc2ccc(Cl)cc21.CN. The lowest BCUT2D eigenvalue weighted by molar-refractivity contribution is 0.448. The van der Waals surface area contributed by atoms with Gasteiger partial charge in [0.1, 0.15) is 5.82 Å². The summed E-state index contributed by atoms with van der Waals surface area (Å²) in [5, 5.41) is 0.678. The monoisotopic (exact) mass is 466 g/mol. The van der Waals surface area contributed by atoms with Gasteiger partial charge in [-0.15, -0.1) is 0 Å². The predicted octanol–water partition coefficient (Wildman–Crippen LogP) is 6.11. The molecule has 1 aliphatic heterocycles. The second-order valence-corrected chi connectivity index (χ2v) is 8.61. The number of hydrogen-bond donors (Lipinski definition) is 2. The van der Waals surface area contributed by atoms with Gasteiger partial charge in [0.25, 0.3) is 0 Å². The number of imidazole rings is 1. The number of hydrogen-bond acceptors (Lipinski definition) is 5. The summed E-state index contributed by atoms with van der Waals surface area (Å²) in [6.07, 6.45) is 7.82. The van der Waals surface area contributed by atoms with E-state index >= 15 is 0 Å². The molecule has 0 saturated carbocycles. The predicted molar refractivity (Wildman–Crippen MR) is 140 cm³/mol. The molecule has 6 nitrogen and oxygen atoms in total. The standard InChI is InChI=1S/C25H30ClN5.CH5N/c1-6-12-25(8-3)18(5)30(23-15-27-13-11-20(23)25)16-24-28-21-10-9-19(26)14-22(21)31(24)29-17(4)7-2;1-2/h9-11,13-15,29H,4-8,12,16H2,1-3H3;2H2,1H3. The van der Waals surface area contributed by atoms with Gasteiger partial charge in [-0.3, -0.25) is 10.4 Å². The van der Waals surface area contributed by atoms with Crippen molar-refractivity contribution in [3.05, 3.63) is 77.6 Å². The van der Waals surface area contributed by atoms with Crippen LogP contribution in [0, 0.1) is 0 Å². The molecule has 0 spiro atoms. The highest BCUT2D eigenvalue weighted by Gasteiger charge is 2.44. The molecule has 0 radical (unpaired) electrons. The molecular weight excluding hydrogens is 432 g/mol. The van der Waals surface area contributed by atoms with Crippen LogP contribution in [0.25, 0.3) is 11.0 Å². The number of pyridine rings is 1. The lowest BCUT2D eigenvalue weighted by Gasteiger charge is -2.32. The average molecular weight is 467 g/mol. The highest BCUT2D eigenvalue weighted by Crippen LogP contribution is 2.52. The molecular formula is C26H35ClN6. The van der Waals surface area contributed by atoms with Gasteiger partial charge in [0.05, 0.1) is 29.5 Å². The Morgan fingerprint density at radius 2 is 1.97 bits per heavy atom. The Hall–Kier alpha value is -2.83. The van der Waals surface area contributed by atoms with E-state index in [1.54, 1.807) is 0 Å². The summed E-state index contributed by atoms with van der Waals surface area (Å²) in [7, 11) is 1.50. The van der Waals surface area contributed by atoms with Gasteiger partial charge in [-0.25, -0.2) is 9.66 Å². The molecule has 3 heterocycles. The highest BCUT2D eigenvalue weighted by atomic mass is 35.5. The van der Waals surface area contributed by atoms with E-state index < -0.39 is 0 Å². The fourth-order valence-corrected chi connectivity index (χ4v) is 4.90. The first kappa shape index (κ1) is 24.8. The van der Waals surface area contributed by atoms with Gasteiger partial charge in [0, 0.05) is 28.0 Å². The third-order valence-electron chi connectivity index (χ3n) is 6.45. The normalized spacial score (nSPS) is 17.0. The second-order valence-electron chi connectivity index (χ2n) is 8.18. The van der Waals surface area contributed by atoms with Crippen LogP contribution in [0.5, 0.6) is 0 Å². The van der Waals surface area contributed by atoms with Gasteiger partial charge >= 0.3 is 0 Å². The molecule has 3 aromatic rings. The molecule has 0 amide bonds. The van der Waals surface area contributed by atoms with Crippen LogP contribution >= 0.6 is 11.6 Å². The first-order valence-electron chi connectivity index (χ1n) is 11.6. The molecule has 2 aromatic heterocycles. The van der Waals surface area contributed by atoms with Crippen LogP contribution < -0.4 is 16.1 Å². The Morgan fingerprint density at radius 3 is 2.64 bits per heavy atom. The van der Waals surface area contributed by atoms with Crippen LogP contribution in [0.2, 0.25) is 5.02 Å². The zero-order valence-electron chi connectivity index (χ0n) is 20.2. The molecule has 4 rings (SSSR count). The summed E-state index contributed by atoms with van der Waals surface area (Å²) in [6, 6.07) is 7.91. The maximum absolute atomic E-state index is 6.30. The Balaban J connectivity index is 0.00000149. The topological polar surface area (TPSA) is 72.0 Å². The van der Waals surface area contributed by atoms with Crippen molar-refractivity contribution in [3.8, 4) is 0 Å². The third kappa shape index (κ3) is 4.37. The van der Waals surface area contributed by atoms with Gasteiger partial charge in [0.15, 0.2) is 0 Å². The van der Waals surface area contributed by atoms with Gasteiger partial charge < -0.3 is 10.6 Å². The van der Waals surface area contributed by atoms with E-state index in [2.05, 4.69) is 61.0 Å². The molecule has 1 atom stereocenters. The molecule has 33 heavy (non-hydrogen) atoms. The lowest BCUT2D eigenvalue weighted by Crippen LogP contribution is -2.31. The summed E-state index contributed by atoms with van der Waals surface area (Å²) < 4.78 is 2.00. The van der Waals surface area contributed by atoms with Crippen molar-refractivity contribution in [2.75, 3.05) is 17.4 Å². The van der Waals surface area contributed by atoms with E-state index in [9.17, 15) is 0 Å². The number of allylic oxidation sites excluding steroid dienone is 2. The van der Waals surface area contributed by atoms with Gasteiger partial charge in [-0.1, -0.05) is 52.0 Å². The minimum absolute atomic E-state index is 0.0619. The smallest absolute Gasteiger partial charge is 0.148 e. The van der Waals surface area contributed by atoms with Crippen LogP contribution in [0.3, 0.4) is 0 Å². The minimum Gasteiger partial charge on any atom is -0.336 e. The number of anilines is 1. The lowest BCUT2D eigenvalue weighted by atomic mass is 9.74. The van der Waals surface area contributed by atoms with E-state index in [4.69, 9.17) is 16.6 Å². The highest BCUT2D eigenvalue weighted by molar-refractivity contribution is 6.31. The maximum atomic E-state index is 6.30. The van der Waals surface area contributed by atoms with Crippen molar-refractivity contribution >= 4 is 28.3 Å². The molecule has 1 aromatic carbocycles. The number of nitrogens with one attached hydrogen (secondary N) is 1. The molecule has 7 heteroatoms. The zero-order chi connectivity index (χ0) is 24.2. The summed E-state index contributed by atoms with van der Waals surface area (Å²) in [4.78, 5) is 11.6. The van der Waals surface area contributed by atoms with Crippen LogP contribution in [0.15, 0.2) is 61.2 Å². The Labute approximate surface area is 202 Å². The van der Waals surface area contributed by atoms with Gasteiger partial charge in [0.2, 0.25) is 0 Å². The first-order valence-corrected chi connectivity index (χ1v) is 11.9. The van der Waals surface area contributed by atoms with Gasteiger partial charge in [-0.05, 0) is 56.1 Å². The molecule has 1 unspecified atom stereocenters.